The zero-order valence-electron chi connectivity index (χ0n) is 19.1. The van der Waals surface area contributed by atoms with E-state index in [-0.39, 0.29) is 35.7 Å². The molecule has 0 bridgehead atoms. The molecule has 1 N–H and O–H groups in total. The summed E-state index contributed by atoms with van der Waals surface area (Å²) in [6.07, 6.45) is 0. The van der Waals surface area contributed by atoms with Crippen LogP contribution in [0.25, 0.3) is 0 Å². The minimum absolute atomic E-state index is 0. The predicted molar refractivity (Wildman–Crippen MR) is 139 cm³/mol. The first-order chi connectivity index (χ1) is 15.1. The van der Waals surface area contributed by atoms with Crippen molar-refractivity contribution in [1.29, 1.82) is 0 Å². The summed E-state index contributed by atoms with van der Waals surface area (Å²) in [6, 6.07) is 14.6. The van der Waals surface area contributed by atoms with Crippen LogP contribution in [0.15, 0.2) is 53.5 Å². The van der Waals surface area contributed by atoms with Gasteiger partial charge in [-0.3, -0.25) is 9.79 Å². The summed E-state index contributed by atoms with van der Waals surface area (Å²) in [7, 11) is 1.78. The molecule has 0 saturated carbocycles. The monoisotopic (exact) mass is 553 g/mol. The van der Waals surface area contributed by atoms with Crippen LogP contribution < -0.4 is 10.2 Å². The molecule has 174 valence electrons. The van der Waals surface area contributed by atoms with E-state index in [2.05, 4.69) is 20.1 Å². The Morgan fingerprint density at radius 1 is 1.03 bits per heavy atom. The second-order valence-electron chi connectivity index (χ2n) is 7.50. The number of carbonyl (C=O) groups excluding carboxylic acids is 1. The lowest BCUT2D eigenvalue weighted by molar-refractivity contribution is 0.0773. The van der Waals surface area contributed by atoms with Gasteiger partial charge in [0.1, 0.15) is 5.82 Å². The Morgan fingerprint density at radius 3 is 2.22 bits per heavy atom. The van der Waals surface area contributed by atoms with Crippen LogP contribution in [0.5, 0.6) is 0 Å². The van der Waals surface area contributed by atoms with Gasteiger partial charge in [0.15, 0.2) is 5.96 Å². The first kappa shape index (κ1) is 25.9. The number of nitrogens with one attached hydrogen (secondary N) is 1. The van der Waals surface area contributed by atoms with E-state index in [1.54, 1.807) is 13.1 Å². The standard InChI is InChI=1S/C24H32FN5O.HI/c1-4-28(5-2)23(31)20-12-10-19(11-13-20)18-27-24(26-3)30-16-14-29(15-17-30)22-9-7-6-8-21(22)25;/h6-13H,4-5,14-18H2,1-3H3,(H,26,27);1H. The smallest absolute Gasteiger partial charge is 0.253 e. The maximum atomic E-state index is 14.1. The van der Waals surface area contributed by atoms with Crippen molar-refractivity contribution in [3.63, 3.8) is 0 Å². The van der Waals surface area contributed by atoms with Gasteiger partial charge in [0, 0.05) is 58.4 Å². The molecule has 0 spiro atoms. The van der Waals surface area contributed by atoms with Gasteiger partial charge in [0.2, 0.25) is 0 Å². The third kappa shape index (κ3) is 6.34. The van der Waals surface area contributed by atoms with Crippen LogP contribution in [-0.4, -0.2) is 68.0 Å². The number of amides is 1. The summed E-state index contributed by atoms with van der Waals surface area (Å²) in [5.41, 5.74) is 2.45. The molecule has 2 aromatic rings. The van der Waals surface area contributed by atoms with Crippen molar-refractivity contribution in [3.05, 3.63) is 65.5 Å². The minimum atomic E-state index is -0.179. The number of halogens is 2. The number of para-hydroxylation sites is 1. The highest BCUT2D eigenvalue weighted by Gasteiger charge is 2.21. The summed E-state index contributed by atoms with van der Waals surface area (Å²) in [4.78, 5) is 22.9. The molecule has 8 heteroatoms. The lowest BCUT2D eigenvalue weighted by Gasteiger charge is -2.37. The summed E-state index contributed by atoms with van der Waals surface area (Å²) in [5.74, 6) is 0.714. The van der Waals surface area contributed by atoms with Gasteiger partial charge in [0.25, 0.3) is 5.91 Å². The maximum Gasteiger partial charge on any atom is 0.253 e. The van der Waals surface area contributed by atoms with Crippen molar-refractivity contribution in [3.8, 4) is 0 Å². The third-order valence-corrected chi connectivity index (χ3v) is 5.69. The number of nitrogens with zero attached hydrogens (tertiary/aromatic N) is 4. The first-order valence-corrected chi connectivity index (χ1v) is 10.9. The van der Waals surface area contributed by atoms with Gasteiger partial charge >= 0.3 is 0 Å². The van der Waals surface area contributed by atoms with Gasteiger partial charge < -0.3 is 20.0 Å². The molecule has 0 atom stereocenters. The van der Waals surface area contributed by atoms with Crippen LogP contribution in [-0.2, 0) is 6.54 Å². The summed E-state index contributed by atoms with van der Waals surface area (Å²) >= 11 is 0. The SMILES string of the molecule is CCN(CC)C(=O)c1ccc(CNC(=NC)N2CCN(c3ccccc3F)CC2)cc1.I. The molecule has 32 heavy (non-hydrogen) atoms. The highest BCUT2D eigenvalue weighted by Crippen LogP contribution is 2.20. The van der Waals surface area contributed by atoms with Crippen molar-refractivity contribution >= 4 is 41.5 Å². The zero-order chi connectivity index (χ0) is 22.2. The molecule has 0 radical (unpaired) electrons. The van der Waals surface area contributed by atoms with E-state index in [4.69, 9.17) is 0 Å². The predicted octanol–water partition coefficient (Wildman–Crippen LogP) is 3.82. The van der Waals surface area contributed by atoms with E-state index < -0.39 is 0 Å². The zero-order valence-corrected chi connectivity index (χ0v) is 21.4. The molecule has 0 aromatic heterocycles. The highest BCUT2D eigenvalue weighted by molar-refractivity contribution is 14.0. The number of anilines is 1. The number of hydrogen-bond donors (Lipinski definition) is 1. The summed E-state index contributed by atoms with van der Waals surface area (Å²) < 4.78 is 14.1. The molecule has 3 rings (SSSR count). The van der Waals surface area contributed by atoms with E-state index >= 15 is 0 Å². The largest absolute Gasteiger partial charge is 0.366 e. The van der Waals surface area contributed by atoms with E-state index in [1.165, 1.54) is 6.07 Å². The van der Waals surface area contributed by atoms with Gasteiger partial charge in [-0.15, -0.1) is 24.0 Å². The fourth-order valence-corrected chi connectivity index (χ4v) is 3.84. The van der Waals surface area contributed by atoms with Crippen LogP contribution in [0.2, 0.25) is 0 Å². The Kier molecular flexibility index (Phi) is 10.2. The fourth-order valence-electron chi connectivity index (χ4n) is 3.84. The molecule has 0 unspecified atom stereocenters. The second kappa shape index (κ2) is 12.6. The Morgan fingerprint density at radius 2 is 1.66 bits per heavy atom. The third-order valence-electron chi connectivity index (χ3n) is 5.69. The number of hydrogen-bond acceptors (Lipinski definition) is 3. The number of carbonyl (C=O) groups is 1. The van der Waals surface area contributed by atoms with Crippen LogP contribution in [0.4, 0.5) is 10.1 Å². The van der Waals surface area contributed by atoms with Crippen LogP contribution in [0, 0.1) is 5.82 Å². The number of guanidine groups is 1. The van der Waals surface area contributed by atoms with Gasteiger partial charge in [-0.25, -0.2) is 4.39 Å². The Balaban J connectivity index is 0.00000363. The van der Waals surface area contributed by atoms with Crippen molar-refractivity contribution in [2.45, 2.75) is 20.4 Å². The topological polar surface area (TPSA) is 51.2 Å². The molecule has 1 amide bonds. The van der Waals surface area contributed by atoms with E-state index in [1.807, 2.05) is 55.1 Å². The average molecular weight is 553 g/mol. The normalized spacial score (nSPS) is 14.1. The molecule has 0 aliphatic carbocycles. The van der Waals surface area contributed by atoms with Crippen LogP contribution in [0.1, 0.15) is 29.8 Å². The molecule has 1 fully saturated rings. The number of aliphatic imine (C=N–C) groups is 1. The number of piperazine rings is 1. The van der Waals surface area contributed by atoms with Crippen molar-refractivity contribution in [2.75, 3.05) is 51.2 Å². The molecule has 1 aliphatic heterocycles. The van der Waals surface area contributed by atoms with E-state index in [9.17, 15) is 9.18 Å². The molecule has 6 nitrogen and oxygen atoms in total. The van der Waals surface area contributed by atoms with E-state index in [0.717, 1.165) is 37.7 Å². The molecule has 1 saturated heterocycles. The number of benzene rings is 2. The molecular weight excluding hydrogens is 520 g/mol. The Hall–Kier alpha value is -2.36. The molecular formula is C24H33FIN5O. The second-order valence-corrected chi connectivity index (χ2v) is 7.50. The summed E-state index contributed by atoms with van der Waals surface area (Å²) in [6.45, 7) is 9.03. The Labute approximate surface area is 207 Å². The molecule has 1 aliphatic rings. The lowest BCUT2D eigenvalue weighted by atomic mass is 10.1. The molecule has 1 heterocycles. The quantitative estimate of drug-likeness (QED) is 0.336. The van der Waals surface area contributed by atoms with E-state index in [0.29, 0.717) is 30.9 Å². The van der Waals surface area contributed by atoms with Crippen molar-refractivity contribution in [2.24, 2.45) is 4.99 Å². The number of rotatable bonds is 6. The average Bonchev–Trinajstić information content (AvgIpc) is 2.81. The summed E-state index contributed by atoms with van der Waals surface area (Å²) in [5, 5.41) is 3.40. The van der Waals surface area contributed by atoms with Gasteiger partial charge in [0.05, 0.1) is 5.69 Å². The van der Waals surface area contributed by atoms with Gasteiger partial charge in [-0.05, 0) is 43.7 Å². The van der Waals surface area contributed by atoms with Gasteiger partial charge in [-0.2, -0.15) is 0 Å². The van der Waals surface area contributed by atoms with Crippen molar-refractivity contribution in [1.82, 2.24) is 15.1 Å². The molecule has 2 aromatic carbocycles. The lowest BCUT2D eigenvalue weighted by Crippen LogP contribution is -2.52. The Bertz CT molecular complexity index is 894. The first-order valence-electron chi connectivity index (χ1n) is 10.9. The van der Waals surface area contributed by atoms with Crippen LogP contribution >= 0.6 is 24.0 Å². The minimum Gasteiger partial charge on any atom is -0.366 e. The van der Waals surface area contributed by atoms with Crippen molar-refractivity contribution < 1.29 is 9.18 Å². The van der Waals surface area contributed by atoms with Gasteiger partial charge in [-0.1, -0.05) is 24.3 Å². The fraction of sp³-hybridized carbons (Fsp3) is 0.417. The maximum absolute atomic E-state index is 14.1. The highest BCUT2D eigenvalue weighted by atomic mass is 127. The van der Waals surface area contributed by atoms with Crippen LogP contribution in [0.3, 0.4) is 0 Å².